The topological polar surface area (TPSA) is 21.1 Å². The van der Waals surface area contributed by atoms with Crippen molar-refractivity contribution in [2.24, 2.45) is 0 Å². The molecule has 1 aliphatic rings. The molecule has 108 valence electrons. The van der Waals surface area contributed by atoms with E-state index in [0.29, 0.717) is 6.04 Å². The van der Waals surface area contributed by atoms with E-state index in [4.69, 9.17) is 4.98 Å². The third kappa shape index (κ3) is 2.47. The number of hydrogen-bond donors (Lipinski definition) is 0. The summed E-state index contributed by atoms with van der Waals surface area (Å²) in [5.74, 6) is 1.25. The Morgan fingerprint density at radius 3 is 2.70 bits per heavy atom. The van der Waals surface area contributed by atoms with Crippen molar-refractivity contribution in [1.29, 1.82) is 0 Å². The van der Waals surface area contributed by atoms with Crippen LogP contribution in [0.3, 0.4) is 0 Å². The van der Waals surface area contributed by atoms with Gasteiger partial charge < -0.3 is 4.57 Å². The minimum Gasteiger partial charge on any atom is -0.327 e. The van der Waals surface area contributed by atoms with Crippen molar-refractivity contribution < 1.29 is 0 Å². The van der Waals surface area contributed by atoms with Gasteiger partial charge in [-0.05, 0) is 51.4 Å². The van der Waals surface area contributed by atoms with Gasteiger partial charge in [-0.25, -0.2) is 4.98 Å². The Hall–Kier alpha value is -1.35. The number of fused-ring (bicyclic) bond motifs is 1. The molecule has 3 rings (SSSR count). The summed E-state index contributed by atoms with van der Waals surface area (Å²) in [4.78, 5) is 7.50. The van der Waals surface area contributed by atoms with Crippen LogP contribution >= 0.6 is 0 Å². The van der Waals surface area contributed by atoms with E-state index in [0.717, 1.165) is 12.1 Å². The van der Waals surface area contributed by atoms with Gasteiger partial charge in [-0.1, -0.05) is 25.5 Å². The highest BCUT2D eigenvalue weighted by molar-refractivity contribution is 5.76. The molecule has 1 saturated heterocycles. The number of unbranched alkanes of at least 4 members (excludes halogenated alkanes) is 1. The number of rotatable bonds is 5. The van der Waals surface area contributed by atoms with Crippen LogP contribution in [0, 0.1) is 0 Å². The van der Waals surface area contributed by atoms with Gasteiger partial charge in [-0.15, -0.1) is 0 Å². The Kier molecular flexibility index (Phi) is 4.06. The first kappa shape index (κ1) is 13.6. The van der Waals surface area contributed by atoms with Gasteiger partial charge in [0.05, 0.1) is 17.1 Å². The summed E-state index contributed by atoms with van der Waals surface area (Å²) in [6, 6.07) is 8.98. The quantitative estimate of drug-likeness (QED) is 0.819. The molecule has 0 N–H and O–H groups in total. The van der Waals surface area contributed by atoms with E-state index in [1.807, 2.05) is 0 Å². The van der Waals surface area contributed by atoms with Crippen LogP contribution in [0.4, 0.5) is 0 Å². The number of aromatic nitrogens is 2. The largest absolute Gasteiger partial charge is 0.327 e. The molecule has 1 aliphatic heterocycles. The predicted molar refractivity (Wildman–Crippen MR) is 83.9 cm³/mol. The molecule has 0 spiro atoms. The van der Waals surface area contributed by atoms with Crippen molar-refractivity contribution in [3.63, 3.8) is 0 Å². The zero-order chi connectivity index (χ0) is 13.9. The molecular formula is C17H25N3. The van der Waals surface area contributed by atoms with Crippen molar-refractivity contribution in [1.82, 2.24) is 14.5 Å². The minimum absolute atomic E-state index is 0.432. The van der Waals surface area contributed by atoms with E-state index in [2.05, 4.69) is 47.6 Å². The lowest BCUT2D eigenvalue weighted by atomic mass is 10.2. The van der Waals surface area contributed by atoms with Crippen LogP contribution in [-0.2, 0) is 6.54 Å². The first-order valence-corrected chi connectivity index (χ1v) is 8.00. The molecule has 0 bridgehead atoms. The van der Waals surface area contributed by atoms with Crippen LogP contribution in [0.1, 0.15) is 51.4 Å². The third-order valence-electron chi connectivity index (χ3n) is 4.48. The maximum absolute atomic E-state index is 4.93. The number of nitrogens with zero attached hydrogens (tertiary/aromatic N) is 3. The van der Waals surface area contributed by atoms with E-state index in [1.54, 1.807) is 0 Å². The lowest BCUT2D eigenvalue weighted by molar-refractivity contribution is 0.248. The van der Waals surface area contributed by atoms with Gasteiger partial charge in [0, 0.05) is 6.54 Å². The SMILES string of the molecule is CCCCn1c([C@@H](C)N2CCCC2)nc2ccccc21. The van der Waals surface area contributed by atoms with Crippen molar-refractivity contribution in [3.8, 4) is 0 Å². The maximum Gasteiger partial charge on any atom is 0.127 e. The van der Waals surface area contributed by atoms with Crippen LogP contribution in [0.25, 0.3) is 11.0 Å². The number of benzene rings is 1. The molecule has 3 heteroatoms. The summed E-state index contributed by atoms with van der Waals surface area (Å²) in [6.45, 7) is 8.10. The second-order valence-electron chi connectivity index (χ2n) is 5.88. The lowest BCUT2D eigenvalue weighted by Crippen LogP contribution is -2.26. The first-order chi connectivity index (χ1) is 9.81. The number of hydrogen-bond acceptors (Lipinski definition) is 2. The first-order valence-electron chi connectivity index (χ1n) is 8.00. The van der Waals surface area contributed by atoms with Crippen LogP contribution in [0.2, 0.25) is 0 Å². The van der Waals surface area contributed by atoms with E-state index in [-0.39, 0.29) is 0 Å². The molecule has 1 atom stereocenters. The number of imidazole rings is 1. The predicted octanol–water partition coefficient (Wildman–Crippen LogP) is 3.99. The highest BCUT2D eigenvalue weighted by Gasteiger charge is 2.24. The van der Waals surface area contributed by atoms with Gasteiger partial charge in [0.1, 0.15) is 5.82 Å². The molecule has 0 radical (unpaired) electrons. The fourth-order valence-electron chi connectivity index (χ4n) is 3.26. The van der Waals surface area contributed by atoms with Crippen molar-refractivity contribution in [2.45, 2.75) is 52.1 Å². The molecule has 1 fully saturated rings. The van der Waals surface area contributed by atoms with Crippen LogP contribution < -0.4 is 0 Å². The Morgan fingerprint density at radius 2 is 1.95 bits per heavy atom. The molecule has 2 aromatic rings. The van der Waals surface area contributed by atoms with E-state index in [1.165, 1.54) is 50.1 Å². The van der Waals surface area contributed by atoms with Gasteiger partial charge in [-0.3, -0.25) is 4.90 Å². The Morgan fingerprint density at radius 1 is 1.20 bits per heavy atom. The Balaban J connectivity index is 1.99. The average molecular weight is 271 g/mol. The van der Waals surface area contributed by atoms with Gasteiger partial charge in [-0.2, -0.15) is 0 Å². The maximum atomic E-state index is 4.93. The third-order valence-corrected chi connectivity index (χ3v) is 4.48. The van der Waals surface area contributed by atoms with E-state index in [9.17, 15) is 0 Å². The normalized spacial score (nSPS) is 17.9. The molecule has 0 amide bonds. The van der Waals surface area contributed by atoms with Crippen molar-refractivity contribution >= 4 is 11.0 Å². The standard InChI is InChI=1S/C17H25N3/c1-3-4-13-20-16-10-6-5-9-15(16)18-17(20)14(2)19-11-7-8-12-19/h5-6,9-10,14H,3-4,7-8,11-13H2,1-2H3/t14-/m1/s1. The van der Waals surface area contributed by atoms with Crippen molar-refractivity contribution in [2.75, 3.05) is 13.1 Å². The molecule has 20 heavy (non-hydrogen) atoms. The van der Waals surface area contributed by atoms with Crippen LogP contribution in [-0.4, -0.2) is 27.5 Å². The molecule has 0 saturated carbocycles. The van der Waals surface area contributed by atoms with Gasteiger partial charge in [0.2, 0.25) is 0 Å². The zero-order valence-electron chi connectivity index (χ0n) is 12.7. The summed E-state index contributed by atoms with van der Waals surface area (Å²) in [6.07, 6.45) is 5.11. The Labute approximate surface area is 121 Å². The summed E-state index contributed by atoms with van der Waals surface area (Å²) in [5.41, 5.74) is 2.44. The van der Waals surface area contributed by atoms with Crippen LogP contribution in [0.15, 0.2) is 24.3 Å². The average Bonchev–Trinajstić information content (AvgIpc) is 3.12. The van der Waals surface area contributed by atoms with Crippen molar-refractivity contribution in [3.05, 3.63) is 30.1 Å². The second-order valence-corrected chi connectivity index (χ2v) is 5.88. The fraction of sp³-hybridized carbons (Fsp3) is 0.588. The summed E-state index contributed by atoms with van der Waals surface area (Å²) in [5, 5.41) is 0. The lowest BCUT2D eigenvalue weighted by Gasteiger charge is -2.24. The zero-order valence-corrected chi connectivity index (χ0v) is 12.7. The van der Waals surface area contributed by atoms with E-state index < -0.39 is 0 Å². The summed E-state index contributed by atoms with van der Waals surface area (Å²) < 4.78 is 2.45. The molecule has 2 heterocycles. The Bertz CT molecular complexity index is 567. The highest BCUT2D eigenvalue weighted by atomic mass is 15.2. The smallest absolute Gasteiger partial charge is 0.127 e. The molecule has 3 nitrogen and oxygen atoms in total. The van der Waals surface area contributed by atoms with Gasteiger partial charge in [0.25, 0.3) is 0 Å². The van der Waals surface area contributed by atoms with Crippen LogP contribution in [0.5, 0.6) is 0 Å². The number of para-hydroxylation sites is 2. The molecule has 1 aromatic carbocycles. The second kappa shape index (κ2) is 5.96. The minimum atomic E-state index is 0.432. The number of likely N-dealkylation sites (tertiary alicyclic amines) is 1. The summed E-state index contributed by atoms with van der Waals surface area (Å²) >= 11 is 0. The van der Waals surface area contributed by atoms with Gasteiger partial charge >= 0.3 is 0 Å². The molecule has 1 aromatic heterocycles. The monoisotopic (exact) mass is 271 g/mol. The molecule has 0 unspecified atom stereocenters. The van der Waals surface area contributed by atoms with E-state index >= 15 is 0 Å². The number of aryl methyl sites for hydroxylation is 1. The molecular weight excluding hydrogens is 246 g/mol. The molecule has 0 aliphatic carbocycles. The fourth-order valence-corrected chi connectivity index (χ4v) is 3.26. The summed E-state index contributed by atoms with van der Waals surface area (Å²) in [7, 11) is 0. The van der Waals surface area contributed by atoms with Gasteiger partial charge in [0.15, 0.2) is 0 Å². The highest BCUT2D eigenvalue weighted by Crippen LogP contribution is 2.27.